The van der Waals surface area contributed by atoms with Crippen molar-refractivity contribution >= 4 is 45.8 Å². The van der Waals surface area contributed by atoms with Crippen LogP contribution in [0, 0.1) is 12.8 Å². The number of benzene rings is 1. The average molecular weight is 473 g/mol. The van der Waals surface area contributed by atoms with Crippen LogP contribution in [0.1, 0.15) is 58.8 Å². The van der Waals surface area contributed by atoms with Crippen LogP contribution in [-0.2, 0) is 14.3 Å². The summed E-state index contributed by atoms with van der Waals surface area (Å²) in [5, 5.41) is 5.80. The molecule has 0 radical (unpaired) electrons. The third-order valence-electron chi connectivity index (χ3n) is 5.26. The minimum absolute atomic E-state index is 0.0131. The number of rotatable bonds is 9. The molecule has 2 N–H and O–H groups in total. The lowest BCUT2D eigenvalue weighted by Crippen LogP contribution is -2.29. The summed E-state index contributed by atoms with van der Waals surface area (Å²) in [7, 11) is 0. The van der Waals surface area contributed by atoms with Crippen LogP contribution >= 0.6 is 11.3 Å². The van der Waals surface area contributed by atoms with Gasteiger partial charge in [0.15, 0.2) is 5.13 Å². The average Bonchev–Trinajstić information content (AvgIpc) is 3.34. The van der Waals surface area contributed by atoms with E-state index in [2.05, 4.69) is 22.5 Å². The Bertz CT molecular complexity index is 1030. The highest BCUT2D eigenvalue weighted by Crippen LogP contribution is 2.24. The van der Waals surface area contributed by atoms with E-state index in [1.54, 1.807) is 43.0 Å². The molecule has 0 saturated carbocycles. The molecule has 1 unspecified atom stereocenters. The van der Waals surface area contributed by atoms with Gasteiger partial charge >= 0.3 is 5.97 Å². The maximum Gasteiger partial charge on any atom is 0.350 e. The molecule has 0 bridgehead atoms. The first kappa shape index (κ1) is 24.4. The van der Waals surface area contributed by atoms with E-state index in [-0.39, 0.29) is 36.7 Å². The molecule has 10 heteroatoms. The van der Waals surface area contributed by atoms with Crippen LogP contribution < -0.4 is 10.6 Å². The molecular weight excluding hydrogens is 444 g/mol. The normalized spacial score (nSPS) is 15.4. The Kier molecular flexibility index (Phi) is 8.16. The molecule has 1 aliphatic rings. The molecule has 3 amide bonds. The number of carbonyl (C=O) groups is 4. The number of aromatic nitrogens is 1. The van der Waals surface area contributed by atoms with Gasteiger partial charge in [-0.05, 0) is 44.5 Å². The number of nitrogens with zero attached hydrogens (tertiary/aromatic N) is 2. The molecule has 3 rings (SSSR count). The van der Waals surface area contributed by atoms with E-state index in [1.807, 2.05) is 0 Å². The number of nitrogens with one attached hydrogen (secondary N) is 2. The van der Waals surface area contributed by atoms with Crippen molar-refractivity contribution in [1.82, 2.24) is 9.88 Å². The smallest absolute Gasteiger partial charge is 0.350 e. The van der Waals surface area contributed by atoms with Crippen molar-refractivity contribution in [3.05, 3.63) is 40.4 Å². The zero-order valence-corrected chi connectivity index (χ0v) is 19.8. The van der Waals surface area contributed by atoms with Gasteiger partial charge in [0.2, 0.25) is 11.8 Å². The van der Waals surface area contributed by atoms with Crippen LogP contribution in [0.4, 0.5) is 10.8 Å². The van der Waals surface area contributed by atoms with Gasteiger partial charge in [0.1, 0.15) is 4.88 Å². The zero-order valence-electron chi connectivity index (χ0n) is 19.0. The standard InChI is InChI=1S/C23H28N4O5S/c1-4-6-11-27-13-16(12-18(27)28)21(30)25-17-9-7-15(8-10-17)20(29)26-23-24-14(3)19(33-23)22(31)32-5-2/h7-10,16H,4-6,11-13H2,1-3H3,(H,25,30)(H,24,26,29). The van der Waals surface area contributed by atoms with Gasteiger partial charge in [0, 0.05) is 30.8 Å². The molecule has 1 saturated heterocycles. The fourth-order valence-electron chi connectivity index (χ4n) is 3.47. The molecule has 176 valence electrons. The SMILES string of the molecule is CCCCN1CC(C(=O)Nc2ccc(C(=O)Nc3nc(C)c(C(=O)OCC)s3)cc2)CC1=O. The molecule has 2 heterocycles. The van der Waals surface area contributed by atoms with Gasteiger partial charge < -0.3 is 15.0 Å². The van der Waals surface area contributed by atoms with Crippen molar-refractivity contribution in [2.45, 2.75) is 40.0 Å². The first-order valence-corrected chi connectivity index (χ1v) is 11.8. The van der Waals surface area contributed by atoms with E-state index in [1.165, 1.54) is 0 Å². The minimum atomic E-state index is -0.467. The Morgan fingerprint density at radius 1 is 1.18 bits per heavy atom. The number of amides is 3. The van der Waals surface area contributed by atoms with Crippen LogP contribution in [0.5, 0.6) is 0 Å². The zero-order chi connectivity index (χ0) is 24.0. The number of hydrogen-bond acceptors (Lipinski definition) is 7. The summed E-state index contributed by atoms with van der Waals surface area (Å²) in [6.07, 6.45) is 2.14. The van der Waals surface area contributed by atoms with Gasteiger partial charge in [-0.1, -0.05) is 24.7 Å². The first-order valence-electron chi connectivity index (χ1n) is 11.0. The van der Waals surface area contributed by atoms with Crippen LogP contribution in [0.25, 0.3) is 0 Å². The lowest BCUT2D eigenvalue weighted by Gasteiger charge is -2.16. The molecule has 2 aromatic rings. The molecule has 9 nitrogen and oxygen atoms in total. The molecule has 1 fully saturated rings. The molecule has 1 aromatic heterocycles. The molecule has 1 aromatic carbocycles. The maximum atomic E-state index is 12.6. The summed E-state index contributed by atoms with van der Waals surface area (Å²) in [4.78, 5) is 55.4. The van der Waals surface area contributed by atoms with E-state index in [0.717, 1.165) is 24.2 Å². The van der Waals surface area contributed by atoms with Crippen molar-refractivity contribution in [2.24, 2.45) is 5.92 Å². The largest absolute Gasteiger partial charge is 0.462 e. The number of likely N-dealkylation sites (tertiary alicyclic amines) is 1. The lowest BCUT2D eigenvalue weighted by molar-refractivity contribution is -0.128. The summed E-state index contributed by atoms with van der Waals surface area (Å²) in [5.74, 6) is -1.42. The number of ether oxygens (including phenoxy) is 1. The molecule has 33 heavy (non-hydrogen) atoms. The quantitative estimate of drug-likeness (QED) is 0.540. The van der Waals surface area contributed by atoms with E-state index >= 15 is 0 Å². The molecule has 0 aliphatic carbocycles. The summed E-state index contributed by atoms with van der Waals surface area (Å²) in [6, 6.07) is 6.45. The second-order valence-electron chi connectivity index (χ2n) is 7.77. The molecule has 1 aliphatic heterocycles. The summed E-state index contributed by atoms with van der Waals surface area (Å²) in [5.41, 5.74) is 1.41. The number of esters is 1. The second-order valence-corrected chi connectivity index (χ2v) is 8.77. The minimum Gasteiger partial charge on any atom is -0.462 e. The van der Waals surface area contributed by atoms with E-state index in [0.29, 0.717) is 40.0 Å². The maximum absolute atomic E-state index is 12.6. The monoisotopic (exact) mass is 472 g/mol. The van der Waals surface area contributed by atoms with Gasteiger partial charge in [-0.2, -0.15) is 0 Å². The highest BCUT2D eigenvalue weighted by molar-refractivity contribution is 7.17. The highest BCUT2D eigenvalue weighted by atomic mass is 32.1. The van der Waals surface area contributed by atoms with E-state index in [4.69, 9.17) is 4.74 Å². The van der Waals surface area contributed by atoms with Gasteiger partial charge in [0.25, 0.3) is 5.91 Å². The van der Waals surface area contributed by atoms with Gasteiger partial charge in [-0.3, -0.25) is 19.7 Å². The van der Waals surface area contributed by atoms with Gasteiger partial charge in [-0.15, -0.1) is 0 Å². The Morgan fingerprint density at radius 2 is 1.91 bits per heavy atom. The van der Waals surface area contributed by atoms with Crippen molar-refractivity contribution in [1.29, 1.82) is 0 Å². The number of anilines is 2. The Morgan fingerprint density at radius 3 is 2.58 bits per heavy atom. The van der Waals surface area contributed by atoms with E-state index < -0.39 is 5.97 Å². The Hall–Kier alpha value is -3.27. The lowest BCUT2D eigenvalue weighted by atomic mass is 10.1. The summed E-state index contributed by atoms with van der Waals surface area (Å²) >= 11 is 1.06. The molecule has 0 spiro atoms. The fraction of sp³-hybridized carbons (Fsp3) is 0.435. The van der Waals surface area contributed by atoms with Crippen LogP contribution in [0.3, 0.4) is 0 Å². The summed E-state index contributed by atoms with van der Waals surface area (Å²) in [6.45, 7) is 6.84. The summed E-state index contributed by atoms with van der Waals surface area (Å²) < 4.78 is 4.99. The highest BCUT2D eigenvalue weighted by Gasteiger charge is 2.33. The van der Waals surface area contributed by atoms with Crippen LogP contribution in [0.2, 0.25) is 0 Å². The second kappa shape index (κ2) is 11.0. The Balaban J connectivity index is 1.56. The predicted octanol–water partition coefficient (Wildman–Crippen LogP) is 3.47. The number of unbranched alkanes of at least 4 members (excludes halogenated alkanes) is 1. The van der Waals surface area contributed by atoms with Crippen molar-refractivity contribution < 1.29 is 23.9 Å². The number of hydrogen-bond donors (Lipinski definition) is 2. The third kappa shape index (κ3) is 6.16. The first-order chi connectivity index (χ1) is 15.8. The van der Waals surface area contributed by atoms with E-state index in [9.17, 15) is 19.2 Å². The molecule has 1 atom stereocenters. The number of carbonyl (C=O) groups excluding carboxylic acids is 4. The predicted molar refractivity (Wildman–Crippen MR) is 125 cm³/mol. The van der Waals surface area contributed by atoms with Crippen LogP contribution in [0.15, 0.2) is 24.3 Å². The topological polar surface area (TPSA) is 118 Å². The number of aryl methyl sites for hydroxylation is 1. The van der Waals surface area contributed by atoms with Crippen molar-refractivity contribution in [2.75, 3.05) is 30.3 Å². The van der Waals surface area contributed by atoms with Crippen molar-refractivity contribution in [3.63, 3.8) is 0 Å². The van der Waals surface area contributed by atoms with Crippen molar-refractivity contribution in [3.8, 4) is 0 Å². The molecular formula is C23H28N4O5S. The van der Waals surface area contributed by atoms with Gasteiger partial charge in [-0.25, -0.2) is 9.78 Å². The Labute approximate surface area is 196 Å². The fourth-order valence-corrected chi connectivity index (χ4v) is 4.32. The van der Waals surface area contributed by atoms with Crippen LogP contribution in [-0.4, -0.2) is 53.3 Å². The number of thiazole rings is 1. The third-order valence-corrected chi connectivity index (χ3v) is 6.31. The van der Waals surface area contributed by atoms with Gasteiger partial charge in [0.05, 0.1) is 18.2 Å².